The fourth-order valence-electron chi connectivity index (χ4n) is 5.27. The van der Waals surface area contributed by atoms with Crippen molar-refractivity contribution in [2.45, 2.75) is 83.5 Å². The van der Waals surface area contributed by atoms with Crippen molar-refractivity contribution in [1.29, 1.82) is 0 Å². The molecular formula is C31H40N4O4. The number of ether oxygens (including phenoxy) is 1. The van der Waals surface area contributed by atoms with Crippen molar-refractivity contribution in [3.63, 3.8) is 0 Å². The molecule has 1 heterocycles. The van der Waals surface area contributed by atoms with Crippen LogP contribution in [0.2, 0.25) is 0 Å². The molecule has 2 atom stereocenters. The number of likely N-dealkylation sites (N-methyl/N-ethyl adjacent to an activating group) is 1. The van der Waals surface area contributed by atoms with Gasteiger partial charge in [0.2, 0.25) is 12.1 Å². The summed E-state index contributed by atoms with van der Waals surface area (Å²) >= 11 is 0. The van der Waals surface area contributed by atoms with Crippen molar-refractivity contribution in [1.82, 2.24) is 10.6 Å². The SMILES string of the molecule is CN1C(=O)C(NC(=O)C(Cc2ccccc2)NC(=O)OC(C)(C)C)N=C(C2CCCCCC2)c2ccccc21. The van der Waals surface area contributed by atoms with Crippen LogP contribution in [0, 0.1) is 5.92 Å². The van der Waals surface area contributed by atoms with Crippen molar-refractivity contribution in [3.05, 3.63) is 65.7 Å². The minimum atomic E-state index is -1.10. The monoisotopic (exact) mass is 532 g/mol. The number of anilines is 1. The van der Waals surface area contributed by atoms with Crippen molar-refractivity contribution in [2.75, 3.05) is 11.9 Å². The number of alkyl carbamates (subject to hydrolysis) is 1. The molecule has 0 aromatic heterocycles. The Balaban J connectivity index is 1.63. The molecule has 2 aliphatic rings. The number of amides is 3. The highest BCUT2D eigenvalue weighted by Gasteiger charge is 2.35. The molecule has 1 saturated carbocycles. The summed E-state index contributed by atoms with van der Waals surface area (Å²) in [6.07, 6.45) is 5.07. The zero-order valence-electron chi connectivity index (χ0n) is 23.4. The second kappa shape index (κ2) is 12.5. The second-order valence-electron chi connectivity index (χ2n) is 11.4. The van der Waals surface area contributed by atoms with Crippen molar-refractivity contribution in [3.8, 4) is 0 Å². The standard InChI is InChI=1S/C31H40N4O4/c1-31(2,3)39-30(38)32-24(20-21-14-8-7-9-15-21)28(36)34-27-29(37)35(4)25-19-13-12-18-23(25)26(33-27)22-16-10-5-6-11-17-22/h7-9,12-15,18-19,22,24,27H,5-6,10-11,16-17,20H2,1-4H3,(H,32,38)(H,34,36). The van der Waals surface area contributed by atoms with E-state index < -0.39 is 29.8 Å². The van der Waals surface area contributed by atoms with E-state index in [1.54, 1.807) is 32.7 Å². The molecule has 0 radical (unpaired) electrons. The van der Waals surface area contributed by atoms with Crippen LogP contribution < -0.4 is 15.5 Å². The van der Waals surface area contributed by atoms with E-state index in [0.717, 1.165) is 48.2 Å². The summed E-state index contributed by atoms with van der Waals surface area (Å²) in [5.74, 6) is -0.603. The van der Waals surface area contributed by atoms with Gasteiger partial charge in [0.1, 0.15) is 11.6 Å². The molecule has 2 aromatic carbocycles. The van der Waals surface area contributed by atoms with Gasteiger partial charge in [0.05, 0.1) is 11.4 Å². The molecule has 2 aromatic rings. The second-order valence-corrected chi connectivity index (χ2v) is 11.4. The van der Waals surface area contributed by atoms with Gasteiger partial charge in [-0.15, -0.1) is 0 Å². The summed E-state index contributed by atoms with van der Waals surface area (Å²) in [4.78, 5) is 46.4. The molecule has 2 N–H and O–H groups in total. The van der Waals surface area contributed by atoms with Gasteiger partial charge in [0.25, 0.3) is 5.91 Å². The number of para-hydroxylation sites is 1. The van der Waals surface area contributed by atoms with Gasteiger partial charge in [0, 0.05) is 24.9 Å². The maximum Gasteiger partial charge on any atom is 0.408 e. The highest BCUT2D eigenvalue weighted by Crippen LogP contribution is 2.32. The van der Waals surface area contributed by atoms with E-state index in [9.17, 15) is 14.4 Å². The van der Waals surface area contributed by atoms with E-state index >= 15 is 0 Å². The fraction of sp³-hybridized carbons (Fsp3) is 0.484. The topological polar surface area (TPSA) is 100 Å². The smallest absolute Gasteiger partial charge is 0.408 e. The van der Waals surface area contributed by atoms with E-state index in [4.69, 9.17) is 9.73 Å². The zero-order chi connectivity index (χ0) is 28.0. The van der Waals surface area contributed by atoms with Gasteiger partial charge in [0.15, 0.2) is 0 Å². The van der Waals surface area contributed by atoms with Crippen molar-refractivity contribution in [2.24, 2.45) is 10.9 Å². The third-order valence-electron chi connectivity index (χ3n) is 7.18. The zero-order valence-corrected chi connectivity index (χ0v) is 23.4. The molecule has 0 bridgehead atoms. The molecule has 208 valence electrons. The summed E-state index contributed by atoms with van der Waals surface area (Å²) < 4.78 is 5.42. The number of nitrogens with one attached hydrogen (secondary N) is 2. The number of hydrogen-bond acceptors (Lipinski definition) is 5. The highest BCUT2D eigenvalue weighted by atomic mass is 16.6. The first-order valence-electron chi connectivity index (χ1n) is 13.9. The molecule has 1 aliphatic heterocycles. The lowest BCUT2D eigenvalue weighted by Gasteiger charge is -2.25. The number of rotatable bonds is 6. The van der Waals surface area contributed by atoms with Gasteiger partial charge in [-0.1, -0.05) is 74.2 Å². The van der Waals surface area contributed by atoms with Crippen LogP contribution in [0.4, 0.5) is 10.5 Å². The third-order valence-corrected chi connectivity index (χ3v) is 7.18. The summed E-state index contributed by atoms with van der Waals surface area (Å²) in [6, 6.07) is 16.3. The first-order chi connectivity index (χ1) is 18.6. The summed E-state index contributed by atoms with van der Waals surface area (Å²) in [5, 5.41) is 5.57. The van der Waals surface area contributed by atoms with Gasteiger partial charge < -0.3 is 20.3 Å². The summed E-state index contributed by atoms with van der Waals surface area (Å²) in [5.41, 5.74) is 2.74. The molecule has 8 heteroatoms. The van der Waals surface area contributed by atoms with E-state index in [1.165, 1.54) is 12.8 Å². The molecule has 1 fully saturated rings. The first-order valence-corrected chi connectivity index (χ1v) is 13.9. The summed E-state index contributed by atoms with van der Waals surface area (Å²) in [7, 11) is 1.71. The minimum absolute atomic E-state index is 0.215. The van der Waals surface area contributed by atoms with Crippen LogP contribution in [-0.4, -0.2) is 48.5 Å². The first kappa shape index (κ1) is 28.3. The van der Waals surface area contributed by atoms with E-state index in [0.29, 0.717) is 0 Å². The Morgan fingerprint density at radius 2 is 1.64 bits per heavy atom. The average molecular weight is 533 g/mol. The lowest BCUT2D eigenvalue weighted by atomic mass is 9.89. The average Bonchev–Trinajstić information content (AvgIpc) is 3.23. The summed E-state index contributed by atoms with van der Waals surface area (Å²) in [6.45, 7) is 5.29. The number of benzene rings is 2. The van der Waals surface area contributed by atoms with Gasteiger partial charge in [-0.3, -0.25) is 14.6 Å². The molecule has 1 aliphatic carbocycles. The van der Waals surface area contributed by atoms with Gasteiger partial charge in [-0.05, 0) is 45.2 Å². The Labute approximate surface area is 231 Å². The Morgan fingerprint density at radius 3 is 2.31 bits per heavy atom. The minimum Gasteiger partial charge on any atom is -0.444 e. The largest absolute Gasteiger partial charge is 0.444 e. The van der Waals surface area contributed by atoms with Gasteiger partial charge >= 0.3 is 6.09 Å². The lowest BCUT2D eigenvalue weighted by Crippen LogP contribution is -2.54. The quantitative estimate of drug-likeness (QED) is 0.512. The number of hydrogen-bond donors (Lipinski definition) is 2. The molecule has 0 saturated heterocycles. The van der Waals surface area contributed by atoms with Crippen LogP contribution in [0.1, 0.15) is 70.4 Å². The maximum absolute atomic E-state index is 13.7. The lowest BCUT2D eigenvalue weighted by molar-refractivity contribution is -0.128. The third kappa shape index (κ3) is 7.46. The number of benzodiazepines with no additional fused rings is 1. The molecule has 8 nitrogen and oxygen atoms in total. The molecule has 3 amide bonds. The van der Waals surface area contributed by atoms with Gasteiger partial charge in [-0.2, -0.15) is 0 Å². The molecule has 2 unspecified atom stereocenters. The normalized spacial score (nSPS) is 19.2. The Kier molecular flexibility index (Phi) is 9.04. The van der Waals surface area contributed by atoms with Crippen LogP contribution in [0.15, 0.2) is 59.6 Å². The van der Waals surface area contributed by atoms with E-state index in [2.05, 4.69) is 10.6 Å². The Morgan fingerprint density at radius 1 is 1.00 bits per heavy atom. The molecule has 0 spiro atoms. The predicted octanol–water partition coefficient (Wildman–Crippen LogP) is 5.00. The number of fused-ring (bicyclic) bond motifs is 1. The van der Waals surface area contributed by atoms with Crippen molar-refractivity contribution >= 4 is 29.3 Å². The van der Waals surface area contributed by atoms with Crippen LogP contribution in [0.5, 0.6) is 0 Å². The number of nitrogens with zero attached hydrogens (tertiary/aromatic N) is 2. The van der Waals surface area contributed by atoms with Crippen LogP contribution in [0.25, 0.3) is 0 Å². The number of carbonyl (C=O) groups excluding carboxylic acids is 3. The Hall–Kier alpha value is -3.68. The van der Waals surface area contributed by atoms with Crippen LogP contribution in [0.3, 0.4) is 0 Å². The fourth-order valence-corrected chi connectivity index (χ4v) is 5.27. The number of aliphatic imine (C=N–C) groups is 1. The molecule has 39 heavy (non-hydrogen) atoms. The highest BCUT2D eigenvalue weighted by molar-refractivity contribution is 6.14. The van der Waals surface area contributed by atoms with E-state index in [1.807, 2.05) is 54.6 Å². The van der Waals surface area contributed by atoms with Crippen molar-refractivity contribution < 1.29 is 19.1 Å². The number of carbonyl (C=O) groups is 3. The maximum atomic E-state index is 13.7. The van der Waals surface area contributed by atoms with Gasteiger partial charge in [-0.25, -0.2) is 4.79 Å². The Bertz CT molecular complexity index is 1200. The molecular weight excluding hydrogens is 492 g/mol. The van der Waals surface area contributed by atoms with Crippen LogP contribution >= 0.6 is 0 Å². The van der Waals surface area contributed by atoms with E-state index in [-0.39, 0.29) is 18.2 Å². The predicted molar refractivity (Wildman–Crippen MR) is 153 cm³/mol. The molecule has 4 rings (SSSR count). The van der Waals surface area contributed by atoms with Crippen LogP contribution in [-0.2, 0) is 20.7 Å².